The lowest BCUT2D eigenvalue weighted by atomic mass is 9.79. The van der Waals surface area contributed by atoms with Crippen molar-refractivity contribution in [2.75, 3.05) is 32.8 Å². The summed E-state index contributed by atoms with van der Waals surface area (Å²) in [6.45, 7) is 5.76. The number of carbonyl (C=O) groups excluding carboxylic acids is 1. The number of nitrogens with zero attached hydrogens (tertiary/aromatic N) is 1. The predicted molar refractivity (Wildman–Crippen MR) is 62.0 cm³/mol. The first-order valence-electron chi connectivity index (χ1n) is 6.27. The van der Waals surface area contributed by atoms with Gasteiger partial charge in [-0.25, -0.2) is 0 Å². The van der Waals surface area contributed by atoms with Gasteiger partial charge in [0, 0.05) is 31.0 Å². The number of likely N-dealkylation sites (tertiary alicyclic amines) is 1. The number of carbonyl (C=O) groups is 1. The van der Waals surface area contributed by atoms with Gasteiger partial charge in [0.25, 0.3) is 0 Å². The van der Waals surface area contributed by atoms with Gasteiger partial charge in [0.2, 0.25) is 5.91 Å². The summed E-state index contributed by atoms with van der Waals surface area (Å²) < 4.78 is 0. The average Bonchev–Trinajstić information content (AvgIpc) is 2.77. The van der Waals surface area contributed by atoms with Gasteiger partial charge in [-0.1, -0.05) is 6.92 Å². The lowest BCUT2D eigenvalue weighted by molar-refractivity contribution is -0.141. The third-order valence-corrected chi connectivity index (χ3v) is 4.05. The number of rotatable bonds is 2. The minimum absolute atomic E-state index is 0.171. The van der Waals surface area contributed by atoms with Crippen molar-refractivity contribution in [3.8, 4) is 0 Å². The Bertz CT molecular complexity index is 262. The monoisotopic (exact) mass is 226 g/mol. The van der Waals surface area contributed by atoms with E-state index in [1.807, 2.05) is 4.90 Å². The minimum atomic E-state index is -0.171. The molecule has 2 heterocycles. The first kappa shape index (κ1) is 11.9. The highest BCUT2D eigenvalue weighted by Crippen LogP contribution is 2.32. The van der Waals surface area contributed by atoms with Crippen molar-refractivity contribution < 1.29 is 9.90 Å². The van der Waals surface area contributed by atoms with Crippen LogP contribution < -0.4 is 5.32 Å². The molecule has 2 saturated heterocycles. The van der Waals surface area contributed by atoms with Gasteiger partial charge in [0.15, 0.2) is 0 Å². The van der Waals surface area contributed by atoms with Crippen LogP contribution in [0.3, 0.4) is 0 Å². The number of hydrogen-bond acceptors (Lipinski definition) is 3. The van der Waals surface area contributed by atoms with Crippen LogP contribution in [0.15, 0.2) is 0 Å². The van der Waals surface area contributed by atoms with E-state index in [4.69, 9.17) is 5.11 Å². The largest absolute Gasteiger partial charge is 0.396 e. The minimum Gasteiger partial charge on any atom is -0.396 e. The number of nitrogens with one attached hydrogen (secondary N) is 1. The summed E-state index contributed by atoms with van der Waals surface area (Å²) in [5.41, 5.74) is -0.171. The van der Waals surface area contributed by atoms with Crippen LogP contribution in [0.4, 0.5) is 0 Å². The fraction of sp³-hybridized carbons (Fsp3) is 0.917. The molecule has 0 spiro atoms. The van der Waals surface area contributed by atoms with Crippen LogP contribution in [0.5, 0.6) is 0 Å². The van der Waals surface area contributed by atoms with Crippen molar-refractivity contribution in [3.63, 3.8) is 0 Å². The third kappa shape index (κ3) is 2.23. The van der Waals surface area contributed by atoms with Crippen LogP contribution in [0.2, 0.25) is 0 Å². The summed E-state index contributed by atoms with van der Waals surface area (Å²) >= 11 is 0. The van der Waals surface area contributed by atoms with Gasteiger partial charge in [-0.15, -0.1) is 0 Å². The van der Waals surface area contributed by atoms with Gasteiger partial charge >= 0.3 is 0 Å². The van der Waals surface area contributed by atoms with Crippen molar-refractivity contribution in [3.05, 3.63) is 0 Å². The summed E-state index contributed by atoms with van der Waals surface area (Å²) in [7, 11) is 0. The summed E-state index contributed by atoms with van der Waals surface area (Å²) in [5.74, 6) is 0.596. The van der Waals surface area contributed by atoms with Crippen LogP contribution in [0.25, 0.3) is 0 Å². The number of piperidine rings is 1. The topological polar surface area (TPSA) is 52.6 Å². The van der Waals surface area contributed by atoms with E-state index in [2.05, 4.69) is 12.2 Å². The van der Waals surface area contributed by atoms with Crippen molar-refractivity contribution in [1.82, 2.24) is 10.2 Å². The van der Waals surface area contributed by atoms with E-state index >= 15 is 0 Å². The quantitative estimate of drug-likeness (QED) is 0.708. The zero-order valence-electron chi connectivity index (χ0n) is 10.0. The Morgan fingerprint density at radius 3 is 2.75 bits per heavy atom. The molecular weight excluding hydrogens is 204 g/mol. The van der Waals surface area contributed by atoms with Crippen molar-refractivity contribution >= 4 is 5.91 Å². The summed E-state index contributed by atoms with van der Waals surface area (Å²) in [5, 5.41) is 12.4. The Morgan fingerprint density at radius 1 is 1.50 bits per heavy atom. The molecule has 0 aliphatic carbocycles. The highest BCUT2D eigenvalue weighted by Gasteiger charge is 2.39. The molecule has 0 saturated carbocycles. The Kier molecular flexibility index (Phi) is 3.50. The Balaban J connectivity index is 1.96. The van der Waals surface area contributed by atoms with Gasteiger partial charge in [0.05, 0.1) is 0 Å². The van der Waals surface area contributed by atoms with Crippen LogP contribution in [0, 0.1) is 11.3 Å². The normalized spacial score (nSPS) is 29.4. The van der Waals surface area contributed by atoms with Gasteiger partial charge in [-0.2, -0.15) is 0 Å². The maximum Gasteiger partial charge on any atom is 0.228 e. The SMILES string of the molecule is CC1(C(=O)N2CCC(CO)C2)CCNCC1. The lowest BCUT2D eigenvalue weighted by Gasteiger charge is -2.36. The van der Waals surface area contributed by atoms with Gasteiger partial charge < -0.3 is 15.3 Å². The van der Waals surface area contributed by atoms with E-state index in [0.29, 0.717) is 11.8 Å². The summed E-state index contributed by atoms with van der Waals surface area (Å²) in [4.78, 5) is 14.4. The van der Waals surface area contributed by atoms with E-state index < -0.39 is 0 Å². The van der Waals surface area contributed by atoms with Crippen LogP contribution >= 0.6 is 0 Å². The predicted octanol–water partition coefficient (Wildman–Crippen LogP) is 0.217. The molecule has 1 atom stereocenters. The first-order chi connectivity index (χ1) is 7.65. The Morgan fingerprint density at radius 2 is 2.19 bits per heavy atom. The smallest absolute Gasteiger partial charge is 0.228 e. The standard InChI is InChI=1S/C12H22N2O2/c1-12(3-5-13-6-4-12)11(16)14-7-2-10(8-14)9-15/h10,13,15H,2-9H2,1H3. The second kappa shape index (κ2) is 4.72. The van der Waals surface area contributed by atoms with Crippen molar-refractivity contribution in [2.45, 2.75) is 26.2 Å². The Hall–Kier alpha value is -0.610. The van der Waals surface area contributed by atoms with Crippen molar-refractivity contribution in [1.29, 1.82) is 0 Å². The maximum absolute atomic E-state index is 12.4. The molecule has 0 aromatic heterocycles. The average molecular weight is 226 g/mol. The molecule has 0 bridgehead atoms. The molecule has 92 valence electrons. The molecule has 1 amide bonds. The highest BCUT2D eigenvalue weighted by molar-refractivity contribution is 5.82. The van der Waals surface area contributed by atoms with Crippen LogP contribution in [-0.2, 0) is 4.79 Å². The van der Waals surface area contributed by atoms with Gasteiger partial charge in [-0.05, 0) is 32.4 Å². The molecule has 2 aliphatic rings. The van der Waals surface area contributed by atoms with Gasteiger partial charge in [0.1, 0.15) is 0 Å². The molecule has 4 nitrogen and oxygen atoms in total. The first-order valence-corrected chi connectivity index (χ1v) is 6.27. The molecule has 0 aromatic rings. The van der Waals surface area contributed by atoms with Crippen LogP contribution in [-0.4, -0.2) is 48.7 Å². The van der Waals surface area contributed by atoms with E-state index in [-0.39, 0.29) is 12.0 Å². The van der Waals surface area contributed by atoms with E-state index in [9.17, 15) is 4.79 Å². The molecule has 2 fully saturated rings. The highest BCUT2D eigenvalue weighted by atomic mass is 16.3. The van der Waals surface area contributed by atoms with Gasteiger partial charge in [-0.3, -0.25) is 4.79 Å². The van der Waals surface area contributed by atoms with Crippen molar-refractivity contribution in [2.24, 2.45) is 11.3 Å². The molecule has 2 N–H and O–H groups in total. The fourth-order valence-electron chi connectivity index (χ4n) is 2.74. The summed E-state index contributed by atoms with van der Waals surface area (Å²) in [6, 6.07) is 0. The molecular formula is C12H22N2O2. The fourth-order valence-corrected chi connectivity index (χ4v) is 2.74. The number of aliphatic hydroxyl groups is 1. The molecule has 4 heteroatoms. The number of hydrogen-bond donors (Lipinski definition) is 2. The zero-order chi connectivity index (χ0) is 11.6. The molecule has 16 heavy (non-hydrogen) atoms. The van der Waals surface area contributed by atoms with Crippen LogP contribution in [0.1, 0.15) is 26.2 Å². The maximum atomic E-state index is 12.4. The van der Waals surface area contributed by atoms with E-state index in [0.717, 1.165) is 45.4 Å². The molecule has 1 unspecified atom stereocenters. The molecule has 2 aliphatic heterocycles. The second-order valence-corrected chi connectivity index (χ2v) is 5.40. The van der Waals surface area contributed by atoms with E-state index in [1.54, 1.807) is 0 Å². The number of amides is 1. The Labute approximate surface area is 97.0 Å². The molecule has 2 rings (SSSR count). The lowest BCUT2D eigenvalue weighted by Crippen LogP contribution is -2.47. The van der Waals surface area contributed by atoms with E-state index in [1.165, 1.54) is 0 Å². The summed E-state index contributed by atoms with van der Waals surface area (Å²) in [6.07, 6.45) is 2.83. The number of aliphatic hydroxyl groups excluding tert-OH is 1. The molecule has 0 aromatic carbocycles. The zero-order valence-corrected chi connectivity index (χ0v) is 10.0. The third-order valence-electron chi connectivity index (χ3n) is 4.05. The second-order valence-electron chi connectivity index (χ2n) is 5.40. The molecule has 0 radical (unpaired) electrons.